The number of halogens is 1. The molecule has 1 aromatic rings. The van der Waals surface area contributed by atoms with E-state index in [-0.39, 0.29) is 0 Å². The first-order valence-electron chi connectivity index (χ1n) is 4.25. The van der Waals surface area contributed by atoms with E-state index in [2.05, 4.69) is 30.3 Å². The van der Waals surface area contributed by atoms with Crippen molar-refractivity contribution in [3.63, 3.8) is 0 Å². The summed E-state index contributed by atoms with van der Waals surface area (Å²) in [7, 11) is 0. The lowest BCUT2D eigenvalue weighted by Crippen LogP contribution is -1.91. The van der Waals surface area contributed by atoms with Crippen molar-refractivity contribution in [3.05, 3.63) is 57.9 Å². The van der Waals surface area contributed by atoms with Crippen LogP contribution in [-0.4, -0.2) is 0 Å². The van der Waals surface area contributed by atoms with Gasteiger partial charge in [-0.25, -0.2) is 0 Å². The topological polar surface area (TPSA) is 0 Å². The Morgan fingerprint density at radius 3 is 2.08 bits per heavy atom. The van der Waals surface area contributed by atoms with Gasteiger partial charge in [0.05, 0.1) is 0 Å². The first-order valence-corrected chi connectivity index (χ1v) is 4.63. The minimum absolute atomic E-state index is 0.794. The van der Waals surface area contributed by atoms with Gasteiger partial charge in [0.15, 0.2) is 0 Å². The Labute approximate surface area is 81.1 Å². The van der Waals surface area contributed by atoms with Crippen molar-refractivity contribution in [1.29, 1.82) is 0 Å². The molecular weight excluding hydrogens is 180 g/mol. The predicted octanol–water partition coefficient (Wildman–Crippen LogP) is 3.61. The molecule has 0 spiro atoms. The van der Waals surface area contributed by atoms with Crippen LogP contribution in [-0.2, 0) is 0 Å². The van der Waals surface area contributed by atoms with Gasteiger partial charge in [-0.2, -0.15) is 0 Å². The molecule has 0 N–H and O–H groups in total. The maximum atomic E-state index is 5.81. The third-order valence-corrected chi connectivity index (χ3v) is 2.74. The van der Waals surface area contributed by atoms with E-state index in [0.717, 1.165) is 5.02 Å². The van der Waals surface area contributed by atoms with Crippen molar-refractivity contribution < 1.29 is 0 Å². The fourth-order valence-electron chi connectivity index (χ4n) is 1.66. The molecule has 3 rings (SSSR count). The molecule has 0 aromatic heterocycles. The Bertz CT molecular complexity index is 553. The Morgan fingerprint density at radius 2 is 1.62 bits per heavy atom. The second kappa shape index (κ2) is 2.36. The van der Waals surface area contributed by atoms with Gasteiger partial charge in [0, 0.05) is 5.02 Å². The smallest absolute Gasteiger partial charge is 0.0406 e. The van der Waals surface area contributed by atoms with Crippen LogP contribution in [0.25, 0.3) is 11.1 Å². The molecule has 0 bridgehead atoms. The minimum Gasteiger partial charge on any atom is -0.0843 e. The van der Waals surface area contributed by atoms with Crippen LogP contribution in [0.4, 0.5) is 0 Å². The zero-order valence-electron chi connectivity index (χ0n) is 6.92. The number of hydrogen-bond donors (Lipinski definition) is 0. The molecule has 2 aliphatic rings. The molecule has 62 valence electrons. The standard InChI is InChI=1S/C12H7Cl/c13-10-4-1-8(2-5-10)12-7-9-3-6-11(9)12/h1-7H. The van der Waals surface area contributed by atoms with Crippen LogP contribution in [0, 0.1) is 10.4 Å². The largest absolute Gasteiger partial charge is 0.0843 e. The lowest BCUT2D eigenvalue weighted by Gasteiger charge is -2.11. The van der Waals surface area contributed by atoms with Gasteiger partial charge in [-0.15, -0.1) is 0 Å². The lowest BCUT2D eigenvalue weighted by molar-refractivity contribution is 1.37. The van der Waals surface area contributed by atoms with E-state index in [1.807, 2.05) is 12.1 Å². The van der Waals surface area contributed by atoms with Crippen LogP contribution in [0.1, 0.15) is 0 Å². The van der Waals surface area contributed by atoms with Crippen molar-refractivity contribution in [2.24, 2.45) is 0 Å². The van der Waals surface area contributed by atoms with Crippen molar-refractivity contribution >= 4 is 11.6 Å². The highest BCUT2D eigenvalue weighted by atomic mass is 35.5. The van der Waals surface area contributed by atoms with Crippen molar-refractivity contribution in [1.82, 2.24) is 0 Å². The van der Waals surface area contributed by atoms with Gasteiger partial charge in [-0.1, -0.05) is 35.9 Å². The fraction of sp³-hybridized carbons (Fsp3) is 0. The highest BCUT2D eigenvalue weighted by Gasteiger charge is 2.07. The summed E-state index contributed by atoms with van der Waals surface area (Å²) in [5, 5.41) is 3.56. The van der Waals surface area contributed by atoms with Crippen molar-refractivity contribution in [2.45, 2.75) is 0 Å². The Hall–Kier alpha value is -1.27. The summed E-state index contributed by atoms with van der Waals surface area (Å²) in [6, 6.07) is 14.5. The van der Waals surface area contributed by atoms with E-state index in [1.165, 1.54) is 21.6 Å². The summed E-state index contributed by atoms with van der Waals surface area (Å²) in [5.74, 6) is 0. The van der Waals surface area contributed by atoms with Gasteiger partial charge in [-0.3, -0.25) is 0 Å². The minimum atomic E-state index is 0.794. The molecule has 0 heterocycles. The maximum Gasteiger partial charge on any atom is 0.0406 e. The maximum absolute atomic E-state index is 5.81. The summed E-state index contributed by atoms with van der Waals surface area (Å²) in [6.45, 7) is 0. The molecule has 0 saturated heterocycles. The first-order chi connectivity index (χ1) is 6.34. The summed E-state index contributed by atoms with van der Waals surface area (Å²) in [6.07, 6.45) is 0. The Balaban J connectivity index is 2.14. The molecule has 0 aliphatic heterocycles. The second-order valence-electron chi connectivity index (χ2n) is 3.27. The highest BCUT2D eigenvalue weighted by Crippen LogP contribution is 2.28. The van der Waals surface area contributed by atoms with E-state index < -0.39 is 0 Å². The van der Waals surface area contributed by atoms with Crippen molar-refractivity contribution in [3.8, 4) is 11.1 Å². The average molecular weight is 187 g/mol. The molecule has 1 heteroatoms. The highest BCUT2D eigenvalue weighted by molar-refractivity contribution is 6.30. The van der Waals surface area contributed by atoms with Gasteiger partial charge < -0.3 is 0 Å². The zero-order valence-corrected chi connectivity index (χ0v) is 7.68. The first kappa shape index (κ1) is 7.16. The van der Waals surface area contributed by atoms with Crippen LogP contribution < -0.4 is 0 Å². The molecule has 0 unspecified atom stereocenters. The van der Waals surface area contributed by atoms with Crippen LogP contribution in [0.5, 0.6) is 0 Å². The van der Waals surface area contributed by atoms with Crippen LogP contribution in [0.3, 0.4) is 0 Å². The summed E-state index contributed by atoms with van der Waals surface area (Å²) < 4.78 is 0. The third kappa shape index (κ3) is 0.925. The molecule has 0 radical (unpaired) electrons. The normalized spacial score (nSPS) is 11.5. The quantitative estimate of drug-likeness (QED) is 0.545. The molecule has 0 fully saturated rings. The van der Waals surface area contributed by atoms with Crippen LogP contribution in [0.15, 0.2) is 42.5 Å². The molecule has 2 aliphatic carbocycles. The second-order valence-corrected chi connectivity index (χ2v) is 3.70. The lowest BCUT2D eigenvalue weighted by atomic mass is 9.93. The van der Waals surface area contributed by atoms with Gasteiger partial charge in [-0.05, 0) is 39.8 Å². The van der Waals surface area contributed by atoms with Gasteiger partial charge in [0.2, 0.25) is 0 Å². The summed E-state index contributed by atoms with van der Waals surface area (Å²) >= 11 is 5.81. The van der Waals surface area contributed by atoms with Gasteiger partial charge in [0.1, 0.15) is 0 Å². The Morgan fingerprint density at radius 1 is 0.846 bits per heavy atom. The van der Waals surface area contributed by atoms with E-state index in [4.69, 9.17) is 11.6 Å². The monoisotopic (exact) mass is 186 g/mol. The van der Waals surface area contributed by atoms with E-state index in [1.54, 1.807) is 0 Å². The predicted molar refractivity (Wildman–Crippen MR) is 54.6 cm³/mol. The molecule has 0 atom stereocenters. The third-order valence-electron chi connectivity index (χ3n) is 2.49. The average Bonchev–Trinajstić information content (AvgIpc) is 2.12. The molecular formula is C12H7Cl. The molecule has 0 saturated carbocycles. The van der Waals surface area contributed by atoms with Gasteiger partial charge >= 0.3 is 0 Å². The fourth-order valence-corrected chi connectivity index (χ4v) is 1.78. The number of rotatable bonds is 1. The Kier molecular flexibility index (Phi) is 1.30. The van der Waals surface area contributed by atoms with Crippen LogP contribution in [0.2, 0.25) is 5.02 Å². The SMILES string of the molecule is Clc1ccc(-c2cc3ccc2=3)cc1. The molecule has 1 aromatic carbocycles. The molecule has 13 heavy (non-hydrogen) atoms. The van der Waals surface area contributed by atoms with Gasteiger partial charge in [0.25, 0.3) is 0 Å². The summed E-state index contributed by atoms with van der Waals surface area (Å²) in [4.78, 5) is 0. The summed E-state index contributed by atoms with van der Waals surface area (Å²) in [5.41, 5.74) is 2.60. The van der Waals surface area contributed by atoms with Crippen LogP contribution >= 0.6 is 11.6 Å². The number of benzene rings is 2. The number of hydrogen-bond acceptors (Lipinski definition) is 0. The molecule has 0 amide bonds. The van der Waals surface area contributed by atoms with E-state index in [9.17, 15) is 0 Å². The van der Waals surface area contributed by atoms with E-state index in [0.29, 0.717) is 0 Å². The molecule has 0 nitrogen and oxygen atoms in total. The van der Waals surface area contributed by atoms with Crippen molar-refractivity contribution in [2.75, 3.05) is 0 Å². The zero-order chi connectivity index (χ0) is 8.84. The van der Waals surface area contributed by atoms with E-state index >= 15 is 0 Å².